The highest BCUT2D eigenvalue weighted by Crippen LogP contribution is 2.26. The molecule has 19 heavy (non-hydrogen) atoms. The molecule has 5 heteroatoms. The monoisotopic (exact) mass is 274 g/mol. The highest BCUT2D eigenvalue weighted by atomic mass is 32.1. The maximum Gasteiger partial charge on any atom is 0.118 e. The van der Waals surface area contributed by atoms with Crippen LogP contribution in [0.1, 0.15) is 10.4 Å². The van der Waals surface area contributed by atoms with E-state index in [9.17, 15) is 0 Å². The first-order chi connectivity index (χ1) is 9.30. The SMILES string of the molecule is COc1ccc(Cn2ncc3sc(CO)cc32)cc1. The Kier molecular flexibility index (Phi) is 3.23. The standard InChI is InChI=1S/C14H14N2O2S/c1-18-11-4-2-10(3-5-11)8-16-13-6-12(9-17)19-14(13)7-15-16/h2-7,17H,8-9H2,1H3. The van der Waals surface area contributed by atoms with Crippen molar-refractivity contribution in [3.8, 4) is 5.75 Å². The number of benzene rings is 1. The first-order valence-corrected chi connectivity index (χ1v) is 6.80. The lowest BCUT2D eigenvalue weighted by molar-refractivity contribution is 0.285. The third-order valence-electron chi connectivity index (χ3n) is 3.03. The molecule has 0 saturated heterocycles. The molecule has 0 atom stereocenters. The van der Waals surface area contributed by atoms with E-state index in [4.69, 9.17) is 9.84 Å². The Morgan fingerprint density at radius 3 is 2.79 bits per heavy atom. The molecule has 2 heterocycles. The fourth-order valence-corrected chi connectivity index (χ4v) is 2.92. The van der Waals surface area contributed by atoms with Gasteiger partial charge in [0.1, 0.15) is 5.75 Å². The molecule has 3 rings (SSSR count). The Morgan fingerprint density at radius 1 is 1.32 bits per heavy atom. The van der Waals surface area contributed by atoms with Crippen molar-refractivity contribution in [2.24, 2.45) is 0 Å². The van der Waals surface area contributed by atoms with Gasteiger partial charge in [0.25, 0.3) is 0 Å². The van der Waals surface area contributed by atoms with E-state index >= 15 is 0 Å². The number of aliphatic hydroxyl groups is 1. The Balaban J connectivity index is 1.89. The fourth-order valence-electron chi connectivity index (χ4n) is 2.03. The summed E-state index contributed by atoms with van der Waals surface area (Å²) in [6.45, 7) is 0.803. The molecule has 0 fully saturated rings. The molecular formula is C14H14N2O2S. The summed E-state index contributed by atoms with van der Waals surface area (Å²) in [6.07, 6.45) is 1.85. The van der Waals surface area contributed by atoms with Crippen molar-refractivity contribution in [2.45, 2.75) is 13.2 Å². The quantitative estimate of drug-likeness (QED) is 0.795. The van der Waals surface area contributed by atoms with E-state index in [0.717, 1.165) is 27.4 Å². The van der Waals surface area contributed by atoms with E-state index in [1.54, 1.807) is 18.4 Å². The first kappa shape index (κ1) is 12.2. The predicted molar refractivity (Wildman–Crippen MR) is 75.6 cm³/mol. The first-order valence-electron chi connectivity index (χ1n) is 5.98. The summed E-state index contributed by atoms with van der Waals surface area (Å²) in [5.41, 5.74) is 2.24. The van der Waals surface area contributed by atoms with Crippen LogP contribution in [0.2, 0.25) is 0 Å². The zero-order valence-corrected chi connectivity index (χ0v) is 11.4. The topological polar surface area (TPSA) is 47.3 Å². The molecule has 0 bridgehead atoms. The van der Waals surface area contributed by atoms with Crippen molar-refractivity contribution >= 4 is 21.6 Å². The largest absolute Gasteiger partial charge is 0.497 e. The molecule has 2 aromatic heterocycles. The number of methoxy groups -OCH3 is 1. The molecule has 0 spiro atoms. The zero-order chi connectivity index (χ0) is 13.2. The number of aliphatic hydroxyl groups excluding tert-OH is 1. The number of thiophene rings is 1. The van der Waals surface area contributed by atoms with Crippen LogP contribution in [-0.2, 0) is 13.2 Å². The number of aromatic nitrogens is 2. The van der Waals surface area contributed by atoms with Gasteiger partial charge in [-0.25, -0.2) is 0 Å². The molecule has 0 unspecified atom stereocenters. The van der Waals surface area contributed by atoms with Crippen LogP contribution < -0.4 is 4.74 Å². The third kappa shape index (κ3) is 2.34. The summed E-state index contributed by atoms with van der Waals surface area (Å²) in [7, 11) is 1.66. The summed E-state index contributed by atoms with van der Waals surface area (Å²) >= 11 is 1.58. The van der Waals surface area contributed by atoms with Crippen LogP contribution in [0.15, 0.2) is 36.5 Å². The van der Waals surface area contributed by atoms with Crippen LogP contribution in [0.5, 0.6) is 5.75 Å². The van der Waals surface area contributed by atoms with Gasteiger partial charge in [0.2, 0.25) is 0 Å². The number of hydrogen-bond donors (Lipinski definition) is 1. The lowest BCUT2D eigenvalue weighted by Gasteiger charge is -2.04. The van der Waals surface area contributed by atoms with Crippen LogP contribution in [0, 0.1) is 0 Å². The summed E-state index contributed by atoms with van der Waals surface area (Å²) in [5.74, 6) is 0.854. The van der Waals surface area contributed by atoms with Gasteiger partial charge in [0.15, 0.2) is 0 Å². The third-order valence-corrected chi connectivity index (χ3v) is 4.07. The molecule has 0 saturated carbocycles. The van der Waals surface area contributed by atoms with E-state index in [-0.39, 0.29) is 6.61 Å². The average molecular weight is 274 g/mol. The van der Waals surface area contributed by atoms with Crippen LogP contribution in [0.4, 0.5) is 0 Å². The van der Waals surface area contributed by atoms with Crippen molar-refractivity contribution in [1.29, 1.82) is 0 Å². The second kappa shape index (κ2) is 5.03. The summed E-state index contributed by atoms with van der Waals surface area (Å²) in [6, 6.07) is 9.96. The van der Waals surface area contributed by atoms with Gasteiger partial charge < -0.3 is 9.84 Å². The maximum atomic E-state index is 9.16. The number of rotatable bonds is 4. The molecule has 0 aliphatic rings. The van der Waals surface area contributed by atoms with Crippen molar-refractivity contribution in [2.75, 3.05) is 7.11 Å². The number of nitrogens with zero attached hydrogens (tertiary/aromatic N) is 2. The molecule has 4 nitrogen and oxygen atoms in total. The Bertz CT molecular complexity index is 685. The normalized spacial score (nSPS) is 11.1. The highest BCUT2D eigenvalue weighted by molar-refractivity contribution is 7.18. The Morgan fingerprint density at radius 2 is 2.11 bits per heavy atom. The summed E-state index contributed by atoms with van der Waals surface area (Å²) < 4.78 is 8.20. The van der Waals surface area contributed by atoms with Crippen molar-refractivity contribution in [3.63, 3.8) is 0 Å². The molecule has 0 amide bonds. The minimum absolute atomic E-state index is 0.0852. The molecule has 1 aromatic carbocycles. The van der Waals surface area contributed by atoms with Crippen molar-refractivity contribution in [1.82, 2.24) is 9.78 Å². The maximum absolute atomic E-state index is 9.16. The minimum Gasteiger partial charge on any atom is -0.497 e. The number of hydrogen-bond acceptors (Lipinski definition) is 4. The second-order valence-electron chi connectivity index (χ2n) is 4.27. The van der Waals surface area contributed by atoms with E-state index in [0.29, 0.717) is 0 Å². The van der Waals surface area contributed by atoms with Crippen molar-refractivity contribution in [3.05, 3.63) is 47.0 Å². The Labute approximate surface area is 114 Å². The van der Waals surface area contributed by atoms with Gasteiger partial charge >= 0.3 is 0 Å². The fraction of sp³-hybridized carbons (Fsp3) is 0.214. The Hall–Kier alpha value is -1.85. The van der Waals surface area contributed by atoms with E-state index in [2.05, 4.69) is 5.10 Å². The molecule has 0 radical (unpaired) electrons. The van der Waals surface area contributed by atoms with E-state index < -0.39 is 0 Å². The van der Waals surface area contributed by atoms with Gasteiger partial charge in [-0.2, -0.15) is 5.10 Å². The van der Waals surface area contributed by atoms with Crippen LogP contribution in [-0.4, -0.2) is 22.0 Å². The minimum atomic E-state index is 0.0852. The van der Waals surface area contributed by atoms with Gasteiger partial charge in [-0.3, -0.25) is 4.68 Å². The summed E-state index contributed by atoms with van der Waals surface area (Å²) in [5, 5.41) is 13.5. The molecule has 1 N–H and O–H groups in total. The van der Waals surface area contributed by atoms with Gasteiger partial charge in [0, 0.05) is 4.88 Å². The number of fused-ring (bicyclic) bond motifs is 1. The lowest BCUT2D eigenvalue weighted by atomic mass is 10.2. The number of ether oxygens (including phenoxy) is 1. The van der Waals surface area contributed by atoms with Gasteiger partial charge in [-0.15, -0.1) is 11.3 Å². The van der Waals surface area contributed by atoms with Crippen LogP contribution >= 0.6 is 11.3 Å². The second-order valence-corrected chi connectivity index (χ2v) is 5.44. The predicted octanol–water partition coefficient (Wildman–Crippen LogP) is 2.65. The highest BCUT2D eigenvalue weighted by Gasteiger charge is 2.08. The molecular weight excluding hydrogens is 260 g/mol. The molecule has 0 aliphatic heterocycles. The van der Waals surface area contributed by atoms with E-state index in [1.807, 2.05) is 41.2 Å². The molecule has 3 aromatic rings. The van der Waals surface area contributed by atoms with Gasteiger partial charge in [0.05, 0.1) is 36.7 Å². The molecule has 98 valence electrons. The lowest BCUT2D eigenvalue weighted by Crippen LogP contribution is -2.00. The van der Waals surface area contributed by atoms with Gasteiger partial charge in [-0.05, 0) is 23.8 Å². The van der Waals surface area contributed by atoms with Crippen molar-refractivity contribution < 1.29 is 9.84 Å². The van der Waals surface area contributed by atoms with Gasteiger partial charge in [-0.1, -0.05) is 12.1 Å². The smallest absolute Gasteiger partial charge is 0.118 e. The molecule has 0 aliphatic carbocycles. The summed E-state index contributed by atoms with van der Waals surface area (Å²) in [4.78, 5) is 0.968. The zero-order valence-electron chi connectivity index (χ0n) is 10.5. The van der Waals surface area contributed by atoms with Crippen LogP contribution in [0.3, 0.4) is 0 Å². The average Bonchev–Trinajstić information content (AvgIpc) is 3.01. The van der Waals surface area contributed by atoms with E-state index in [1.165, 1.54) is 5.56 Å². The van der Waals surface area contributed by atoms with Crippen LogP contribution in [0.25, 0.3) is 10.2 Å².